The molecule has 0 fully saturated rings. The van der Waals surface area contributed by atoms with E-state index in [1.807, 2.05) is 0 Å². The van der Waals surface area contributed by atoms with E-state index in [0.29, 0.717) is 11.3 Å². The van der Waals surface area contributed by atoms with Crippen molar-refractivity contribution in [2.75, 3.05) is 27.3 Å². The van der Waals surface area contributed by atoms with Gasteiger partial charge >= 0.3 is 0 Å². The van der Waals surface area contributed by atoms with Gasteiger partial charge in [0, 0.05) is 25.1 Å². The van der Waals surface area contributed by atoms with E-state index in [0.717, 1.165) is 24.3 Å². The van der Waals surface area contributed by atoms with Gasteiger partial charge in [0.1, 0.15) is 5.82 Å². The molecule has 1 amide bonds. The number of hydrogen-bond acceptors (Lipinski definition) is 7. The van der Waals surface area contributed by atoms with Gasteiger partial charge in [-0.15, -0.1) is 0 Å². The van der Waals surface area contributed by atoms with Gasteiger partial charge in [0.05, 0.1) is 30.1 Å². The topological polar surface area (TPSA) is 137 Å². The fourth-order valence-electron chi connectivity index (χ4n) is 2.70. The maximum absolute atomic E-state index is 12.9. The summed E-state index contributed by atoms with van der Waals surface area (Å²) in [7, 11) is -1.09. The number of methoxy groups -OCH3 is 2. The second-order valence-corrected chi connectivity index (χ2v) is 8.06. The van der Waals surface area contributed by atoms with Gasteiger partial charge in [0.2, 0.25) is 15.9 Å². The molecule has 2 rings (SSSR count). The summed E-state index contributed by atoms with van der Waals surface area (Å²) in [4.78, 5) is 22.6. The summed E-state index contributed by atoms with van der Waals surface area (Å²) in [5, 5.41) is 13.9. The van der Waals surface area contributed by atoms with E-state index >= 15 is 0 Å². The molecule has 2 aromatic rings. The number of nitrogens with one attached hydrogen (secondary N) is 2. The molecule has 0 saturated heterocycles. The summed E-state index contributed by atoms with van der Waals surface area (Å²) in [5.41, 5.74) is 0.180. The molecule has 0 bridgehead atoms. The second kappa shape index (κ2) is 10.7. The summed E-state index contributed by atoms with van der Waals surface area (Å²) in [6.45, 7) is -0.0675. The molecule has 0 radical (unpaired) electrons. The van der Waals surface area contributed by atoms with Gasteiger partial charge in [-0.05, 0) is 36.8 Å². The first-order valence-electron chi connectivity index (χ1n) is 9.09. The normalized spacial score (nSPS) is 11.1. The van der Waals surface area contributed by atoms with Crippen LogP contribution in [0.25, 0.3) is 0 Å². The number of halogens is 1. The molecule has 0 aromatic heterocycles. The van der Waals surface area contributed by atoms with Gasteiger partial charge in [0.25, 0.3) is 5.69 Å². The van der Waals surface area contributed by atoms with Crippen molar-refractivity contribution in [1.82, 2.24) is 10.0 Å². The van der Waals surface area contributed by atoms with Crippen molar-refractivity contribution in [3.05, 3.63) is 57.9 Å². The molecular formula is C19H22FN3O7S. The fourth-order valence-corrected chi connectivity index (χ4v) is 3.73. The molecule has 168 valence electrons. The predicted octanol–water partition coefficient (Wildman–Crippen LogP) is 1.78. The van der Waals surface area contributed by atoms with E-state index in [4.69, 9.17) is 9.47 Å². The van der Waals surface area contributed by atoms with Gasteiger partial charge in [-0.1, -0.05) is 0 Å². The molecule has 0 atom stereocenters. The highest BCUT2D eigenvalue weighted by atomic mass is 32.2. The van der Waals surface area contributed by atoms with Crippen LogP contribution in [0.5, 0.6) is 11.5 Å². The number of sulfonamides is 1. The Labute approximate surface area is 178 Å². The quantitative estimate of drug-likeness (QED) is 0.389. The molecule has 12 heteroatoms. The van der Waals surface area contributed by atoms with Crippen molar-refractivity contribution in [3.8, 4) is 11.5 Å². The van der Waals surface area contributed by atoms with Crippen molar-refractivity contribution < 1.29 is 32.0 Å². The highest BCUT2D eigenvalue weighted by molar-refractivity contribution is 7.89. The van der Waals surface area contributed by atoms with E-state index < -0.39 is 26.7 Å². The maximum Gasteiger partial charge on any atom is 0.276 e. The molecule has 0 heterocycles. The summed E-state index contributed by atoms with van der Waals surface area (Å²) in [5.74, 6) is -0.460. The molecule has 31 heavy (non-hydrogen) atoms. The number of nitrogens with zero attached hydrogens (tertiary/aromatic N) is 1. The molecule has 0 saturated carbocycles. The number of hydrogen-bond donors (Lipinski definition) is 2. The Bertz CT molecular complexity index is 1040. The van der Waals surface area contributed by atoms with Crippen LogP contribution in [0.1, 0.15) is 12.0 Å². The van der Waals surface area contributed by atoms with Crippen LogP contribution in [0.2, 0.25) is 0 Å². The summed E-state index contributed by atoms with van der Waals surface area (Å²) in [6.07, 6.45) is 0.0121. The smallest absolute Gasteiger partial charge is 0.276 e. The van der Waals surface area contributed by atoms with Crippen molar-refractivity contribution in [1.29, 1.82) is 0 Å². The number of nitro benzene ring substituents is 1. The maximum atomic E-state index is 12.9. The van der Waals surface area contributed by atoms with E-state index in [1.165, 1.54) is 26.4 Å². The molecule has 0 unspecified atom stereocenters. The van der Waals surface area contributed by atoms with Gasteiger partial charge in [-0.3, -0.25) is 14.9 Å². The molecule has 2 aromatic carbocycles. The minimum atomic E-state index is -3.86. The van der Waals surface area contributed by atoms with E-state index in [-0.39, 0.29) is 42.3 Å². The molecule has 0 aliphatic heterocycles. The van der Waals surface area contributed by atoms with Crippen molar-refractivity contribution >= 4 is 21.6 Å². The van der Waals surface area contributed by atoms with Crippen LogP contribution in [-0.4, -0.2) is 46.6 Å². The number of benzene rings is 2. The number of nitro groups is 1. The Morgan fingerprint density at radius 1 is 1.10 bits per heavy atom. The minimum Gasteiger partial charge on any atom is -0.493 e. The highest BCUT2D eigenvalue weighted by Gasteiger charge is 2.19. The van der Waals surface area contributed by atoms with Crippen LogP contribution in [0.4, 0.5) is 10.1 Å². The lowest BCUT2D eigenvalue weighted by atomic mass is 10.1. The third-order valence-electron chi connectivity index (χ3n) is 4.27. The van der Waals surface area contributed by atoms with Gasteiger partial charge < -0.3 is 14.8 Å². The number of rotatable bonds is 11. The highest BCUT2D eigenvalue weighted by Crippen LogP contribution is 2.34. The lowest BCUT2D eigenvalue weighted by Crippen LogP contribution is -2.31. The Morgan fingerprint density at radius 3 is 2.29 bits per heavy atom. The van der Waals surface area contributed by atoms with E-state index in [9.17, 15) is 27.7 Å². The Kier molecular flexibility index (Phi) is 8.28. The van der Waals surface area contributed by atoms with Crippen LogP contribution in [0.15, 0.2) is 41.3 Å². The third kappa shape index (κ3) is 6.62. The Hall–Kier alpha value is -3.25. The average Bonchev–Trinajstić information content (AvgIpc) is 2.73. The second-order valence-electron chi connectivity index (χ2n) is 6.29. The van der Waals surface area contributed by atoms with Crippen LogP contribution in [0.3, 0.4) is 0 Å². The molecule has 10 nitrogen and oxygen atoms in total. The molecule has 0 aliphatic carbocycles. The first-order chi connectivity index (χ1) is 14.7. The lowest BCUT2D eigenvalue weighted by Gasteiger charge is -2.11. The van der Waals surface area contributed by atoms with E-state index in [2.05, 4.69) is 10.0 Å². The fraction of sp³-hybridized carbons (Fsp3) is 0.316. The van der Waals surface area contributed by atoms with E-state index in [1.54, 1.807) is 0 Å². The Balaban J connectivity index is 1.88. The van der Waals surface area contributed by atoms with Crippen LogP contribution >= 0.6 is 0 Å². The van der Waals surface area contributed by atoms with Gasteiger partial charge in [-0.25, -0.2) is 17.5 Å². The van der Waals surface area contributed by atoms with Crippen LogP contribution in [0, 0.1) is 15.9 Å². The summed E-state index contributed by atoms with van der Waals surface area (Å²) < 4.78 is 49.5. The van der Waals surface area contributed by atoms with Gasteiger partial charge in [0.15, 0.2) is 11.5 Å². The zero-order chi connectivity index (χ0) is 23.0. The number of amides is 1. The van der Waals surface area contributed by atoms with Crippen molar-refractivity contribution in [3.63, 3.8) is 0 Å². The van der Waals surface area contributed by atoms with Crippen molar-refractivity contribution in [2.24, 2.45) is 0 Å². The van der Waals surface area contributed by atoms with Crippen LogP contribution in [-0.2, 0) is 21.2 Å². The number of carbonyl (C=O) groups excluding carboxylic acids is 1. The third-order valence-corrected chi connectivity index (χ3v) is 5.74. The lowest BCUT2D eigenvalue weighted by molar-refractivity contribution is -0.385. The molecule has 0 spiro atoms. The average molecular weight is 455 g/mol. The molecule has 0 aliphatic rings. The predicted molar refractivity (Wildman–Crippen MR) is 109 cm³/mol. The molecule has 2 N–H and O–H groups in total. The zero-order valence-electron chi connectivity index (χ0n) is 16.9. The van der Waals surface area contributed by atoms with Crippen molar-refractivity contribution in [2.45, 2.75) is 17.7 Å². The number of ether oxygens (including phenoxy) is 2. The summed E-state index contributed by atoms with van der Waals surface area (Å²) >= 11 is 0. The zero-order valence-corrected chi connectivity index (χ0v) is 17.7. The Morgan fingerprint density at radius 2 is 1.71 bits per heavy atom. The van der Waals surface area contributed by atoms with Crippen LogP contribution < -0.4 is 19.5 Å². The first kappa shape index (κ1) is 24.0. The SMILES string of the molecule is COc1cc(CCNC(=O)CCNS(=O)(=O)c2ccc(F)cc2)c([N+](=O)[O-])cc1OC. The summed E-state index contributed by atoms with van der Waals surface area (Å²) in [6, 6.07) is 7.00. The monoisotopic (exact) mass is 455 g/mol. The minimum absolute atomic E-state index is 0.0971. The standard InChI is InChI=1S/C19H22FN3O7S/c1-29-17-11-13(16(23(25)26)12-18(17)30-2)7-9-21-19(24)8-10-22-31(27,28)15-5-3-14(20)4-6-15/h3-6,11-12,22H,7-10H2,1-2H3,(H,21,24). The van der Waals surface area contributed by atoms with Gasteiger partial charge in [-0.2, -0.15) is 0 Å². The molecular weight excluding hydrogens is 433 g/mol. The number of carbonyl (C=O) groups is 1. The largest absolute Gasteiger partial charge is 0.493 e. The first-order valence-corrected chi connectivity index (χ1v) is 10.6.